The van der Waals surface area contributed by atoms with Gasteiger partial charge < -0.3 is 24.2 Å². The van der Waals surface area contributed by atoms with Gasteiger partial charge in [0.05, 0.1) is 25.0 Å². The molecule has 0 spiro atoms. The van der Waals surface area contributed by atoms with Crippen LogP contribution in [0.25, 0.3) is 0 Å². The van der Waals surface area contributed by atoms with Gasteiger partial charge in [0.25, 0.3) is 5.91 Å². The molecule has 1 aliphatic heterocycles. The van der Waals surface area contributed by atoms with Gasteiger partial charge in [0, 0.05) is 6.54 Å². The lowest BCUT2D eigenvalue weighted by molar-refractivity contribution is -0.125. The van der Waals surface area contributed by atoms with E-state index in [0.717, 1.165) is 11.5 Å². The summed E-state index contributed by atoms with van der Waals surface area (Å²) < 4.78 is 16.4. The molecule has 1 aliphatic rings. The molecule has 1 N–H and O–H groups in total. The highest BCUT2D eigenvalue weighted by molar-refractivity contribution is 6.00. The highest BCUT2D eigenvalue weighted by atomic mass is 16.5. The quantitative estimate of drug-likeness (QED) is 0.753. The number of nitrogens with zero attached hydrogens (tertiary/aromatic N) is 1. The van der Waals surface area contributed by atoms with E-state index < -0.39 is 12.1 Å². The molecular formula is C20H21NO6. The van der Waals surface area contributed by atoms with E-state index in [9.17, 15) is 9.59 Å². The number of fused-ring (bicyclic) bond motifs is 1. The van der Waals surface area contributed by atoms with E-state index in [1.807, 2.05) is 24.3 Å². The van der Waals surface area contributed by atoms with Crippen LogP contribution in [0.5, 0.6) is 17.2 Å². The normalized spacial score (nSPS) is 15.7. The van der Waals surface area contributed by atoms with Crippen molar-refractivity contribution in [2.45, 2.75) is 19.4 Å². The number of carbonyl (C=O) groups is 2. The van der Waals surface area contributed by atoms with Gasteiger partial charge in [-0.1, -0.05) is 0 Å². The van der Waals surface area contributed by atoms with Crippen LogP contribution in [0, 0.1) is 0 Å². The van der Waals surface area contributed by atoms with Crippen LogP contribution >= 0.6 is 0 Å². The summed E-state index contributed by atoms with van der Waals surface area (Å²) in [5.74, 6) is 0.690. The molecule has 27 heavy (non-hydrogen) atoms. The molecule has 3 rings (SSSR count). The fourth-order valence-corrected chi connectivity index (χ4v) is 2.86. The fourth-order valence-electron chi connectivity index (χ4n) is 2.86. The monoisotopic (exact) mass is 371 g/mol. The highest BCUT2D eigenvalue weighted by Gasteiger charge is 2.31. The fraction of sp³-hybridized carbons (Fsp3) is 0.300. The van der Waals surface area contributed by atoms with Gasteiger partial charge in [0.2, 0.25) is 0 Å². The van der Waals surface area contributed by atoms with E-state index in [0.29, 0.717) is 31.0 Å². The molecule has 1 unspecified atom stereocenters. The molecule has 0 saturated heterocycles. The van der Waals surface area contributed by atoms with Crippen LogP contribution in [0.1, 0.15) is 23.7 Å². The second kappa shape index (κ2) is 7.99. The number of aromatic carboxylic acids is 1. The van der Waals surface area contributed by atoms with E-state index >= 15 is 0 Å². The topological polar surface area (TPSA) is 85.3 Å². The van der Waals surface area contributed by atoms with Crippen molar-refractivity contribution >= 4 is 17.6 Å². The average Bonchev–Trinajstić information content (AvgIpc) is 2.67. The van der Waals surface area contributed by atoms with E-state index in [1.54, 1.807) is 25.0 Å². The summed E-state index contributed by atoms with van der Waals surface area (Å²) in [6.45, 7) is 2.54. The van der Waals surface area contributed by atoms with Crippen LogP contribution in [0.4, 0.5) is 5.69 Å². The number of amides is 1. The maximum absolute atomic E-state index is 12.5. The Bertz CT molecular complexity index is 833. The lowest BCUT2D eigenvalue weighted by Crippen LogP contribution is -2.45. The molecule has 0 saturated carbocycles. The van der Waals surface area contributed by atoms with Crippen molar-refractivity contribution < 1.29 is 28.9 Å². The predicted octanol–water partition coefficient (Wildman–Crippen LogP) is 2.98. The van der Waals surface area contributed by atoms with Crippen molar-refractivity contribution in [1.82, 2.24) is 0 Å². The number of benzene rings is 2. The maximum atomic E-state index is 12.5. The number of anilines is 1. The van der Waals surface area contributed by atoms with Crippen molar-refractivity contribution in [3.63, 3.8) is 0 Å². The Morgan fingerprint density at radius 1 is 1.19 bits per heavy atom. The molecule has 1 heterocycles. The number of ether oxygens (including phenoxy) is 3. The standard InChI is InChI=1S/C20H21NO6/c1-13-19(22)21(17-9-4-14(20(23)24)12-18(17)27-13)10-3-11-26-16-7-5-15(25-2)6-8-16/h4-9,12-13H,3,10-11H2,1-2H3,(H,23,24). The zero-order valence-electron chi connectivity index (χ0n) is 15.2. The molecular weight excluding hydrogens is 350 g/mol. The average molecular weight is 371 g/mol. The molecule has 0 fully saturated rings. The van der Waals surface area contributed by atoms with Crippen molar-refractivity contribution in [3.05, 3.63) is 48.0 Å². The molecule has 1 atom stereocenters. The van der Waals surface area contributed by atoms with Gasteiger partial charge in [-0.15, -0.1) is 0 Å². The number of rotatable bonds is 7. The van der Waals surface area contributed by atoms with Crippen LogP contribution in [-0.4, -0.2) is 43.3 Å². The minimum atomic E-state index is -1.04. The summed E-state index contributed by atoms with van der Waals surface area (Å²) >= 11 is 0. The van der Waals surface area contributed by atoms with E-state index in [4.69, 9.17) is 19.3 Å². The van der Waals surface area contributed by atoms with Gasteiger partial charge in [0.15, 0.2) is 6.10 Å². The first-order valence-electron chi connectivity index (χ1n) is 8.62. The molecule has 0 aliphatic carbocycles. The summed E-state index contributed by atoms with van der Waals surface area (Å²) in [5.41, 5.74) is 0.700. The van der Waals surface area contributed by atoms with Crippen LogP contribution in [-0.2, 0) is 4.79 Å². The zero-order chi connectivity index (χ0) is 19.4. The maximum Gasteiger partial charge on any atom is 0.335 e. The summed E-state index contributed by atoms with van der Waals surface area (Å²) in [4.78, 5) is 25.2. The van der Waals surface area contributed by atoms with Crippen LogP contribution in [0.15, 0.2) is 42.5 Å². The molecule has 7 nitrogen and oxygen atoms in total. The van der Waals surface area contributed by atoms with Crippen molar-refractivity contribution in [2.24, 2.45) is 0 Å². The third-order valence-electron chi connectivity index (χ3n) is 4.27. The summed E-state index contributed by atoms with van der Waals surface area (Å²) in [6, 6.07) is 11.8. The Hall–Kier alpha value is -3.22. The van der Waals surface area contributed by atoms with Gasteiger partial charge in [-0.05, 0) is 55.8 Å². The van der Waals surface area contributed by atoms with Gasteiger partial charge >= 0.3 is 5.97 Å². The van der Waals surface area contributed by atoms with E-state index in [-0.39, 0.29) is 11.5 Å². The first kappa shape index (κ1) is 18.6. The predicted molar refractivity (Wildman–Crippen MR) is 99.0 cm³/mol. The summed E-state index contributed by atoms with van der Waals surface area (Å²) in [7, 11) is 1.60. The molecule has 0 aromatic heterocycles. The van der Waals surface area contributed by atoms with Crippen LogP contribution in [0.2, 0.25) is 0 Å². The van der Waals surface area contributed by atoms with Crippen molar-refractivity contribution in [2.75, 3.05) is 25.2 Å². The second-order valence-corrected chi connectivity index (χ2v) is 6.12. The number of carboxylic acid groups (broad SMARTS) is 1. The summed E-state index contributed by atoms with van der Waals surface area (Å²) in [5, 5.41) is 9.12. The summed E-state index contributed by atoms with van der Waals surface area (Å²) in [6.07, 6.45) is -0.0472. The molecule has 2 aromatic rings. The van der Waals surface area contributed by atoms with Crippen LogP contribution in [0.3, 0.4) is 0 Å². The van der Waals surface area contributed by atoms with Gasteiger partial charge in [-0.2, -0.15) is 0 Å². The molecule has 1 amide bonds. The number of carboxylic acids is 1. The first-order chi connectivity index (χ1) is 13.0. The number of hydrogen-bond donors (Lipinski definition) is 1. The first-order valence-corrected chi connectivity index (χ1v) is 8.62. The van der Waals surface area contributed by atoms with Gasteiger partial charge in [0.1, 0.15) is 17.2 Å². The lowest BCUT2D eigenvalue weighted by atomic mass is 10.1. The molecule has 142 valence electrons. The molecule has 7 heteroatoms. The lowest BCUT2D eigenvalue weighted by Gasteiger charge is -2.33. The molecule has 2 aromatic carbocycles. The van der Waals surface area contributed by atoms with E-state index in [1.165, 1.54) is 12.1 Å². The van der Waals surface area contributed by atoms with Gasteiger partial charge in [-0.3, -0.25) is 4.79 Å². The third kappa shape index (κ3) is 4.13. The second-order valence-electron chi connectivity index (χ2n) is 6.12. The third-order valence-corrected chi connectivity index (χ3v) is 4.27. The number of hydrogen-bond acceptors (Lipinski definition) is 5. The van der Waals surface area contributed by atoms with E-state index in [2.05, 4.69) is 0 Å². The highest BCUT2D eigenvalue weighted by Crippen LogP contribution is 2.35. The molecule has 0 radical (unpaired) electrons. The Balaban J connectivity index is 1.63. The largest absolute Gasteiger partial charge is 0.497 e. The van der Waals surface area contributed by atoms with Gasteiger partial charge in [-0.25, -0.2) is 4.79 Å². The zero-order valence-corrected chi connectivity index (χ0v) is 15.2. The number of carbonyl (C=O) groups excluding carboxylic acids is 1. The van der Waals surface area contributed by atoms with Crippen molar-refractivity contribution in [3.8, 4) is 17.2 Å². The Labute approximate surface area is 157 Å². The Morgan fingerprint density at radius 3 is 2.56 bits per heavy atom. The number of methoxy groups -OCH3 is 1. The minimum Gasteiger partial charge on any atom is -0.497 e. The van der Waals surface area contributed by atoms with Crippen LogP contribution < -0.4 is 19.1 Å². The SMILES string of the molecule is COc1ccc(OCCCN2C(=O)C(C)Oc3cc(C(=O)O)ccc32)cc1. The minimum absolute atomic E-state index is 0.123. The smallest absolute Gasteiger partial charge is 0.335 e. The van der Waals surface area contributed by atoms with Crippen molar-refractivity contribution in [1.29, 1.82) is 0 Å². The molecule has 0 bridgehead atoms. The Kier molecular flexibility index (Phi) is 5.49. The Morgan fingerprint density at radius 2 is 1.89 bits per heavy atom.